The van der Waals surface area contributed by atoms with Crippen LogP contribution in [-0.2, 0) is 14.4 Å². The second kappa shape index (κ2) is 20.0. The molecule has 0 unspecified atom stereocenters. The zero-order valence-electron chi connectivity index (χ0n) is 18.2. The van der Waals surface area contributed by atoms with Gasteiger partial charge in [-0.3, -0.25) is 14.4 Å². The van der Waals surface area contributed by atoms with Crippen molar-refractivity contribution in [1.82, 2.24) is 10.6 Å². The van der Waals surface area contributed by atoms with E-state index in [9.17, 15) is 14.4 Å². The van der Waals surface area contributed by atoms with E-state index in [0.717, 1.165) is 19.3 Å². The fraction of sp³-hybridized carbons (Fsp3) is 0.864. The summed E-state index contributed by atoms with van der Waals surface area (Å²) in [5.74, 6) is -1.33. The molecule has 0 saturated heterocycles. The molecule has 0 aromatic heterocycles. The van der Waals surface area contributed by atoms with Gasteiger partial charge < -0.3 is 15.7 Å². The Bertz CT molecular complexity index is 447. The second-order valence-electron chi connectivity index (χ2n) is 7.73. The molecule has 1 atom stereocenters. The van der Waals surface area contributed by atoms with Gasteiger partial charge in [-0.1, -0.05) is 84.0 Å². The molecule has 0 fully saturated rings. The van der Waals surface area contributed by atoms with Gasteiger partial charge in [0.15, 0.2) is 0 Å². The number of carboxylic acid groups (broad SMARTS) is 1. The number of nitrogens with one attached hydrogen (secondary N) is 2. The van der Waals surface area contributed by atoms with Crippen molar-refractivity contribution < 1.29 is 19.5 Å². The predicted molar refractivity (Wildman–Crippen MR) is 121 cm³/mol. The molecule has 3 N–H and O–H groups in total. The number of aliphatic carboxylic acids is 1. The van der Waals surface area contributed by atoms with Crippen molar-refractivity contribution in [3.63, 3.8) is 0 Å². The van der Waals surface area contributed by atoms with E-state index in [1.165, 1.54) is 64.2 Å². The lowest BCUT2D eigenvalue weighted by atomic mass is 10.0. The van der Waals surface area contributed by atoms with Crippen LogP contribution in [0.25, 0.3) is 0 Å². The maximum atomic E-state index is 12.0. The predicted octanol–water partition coefficient (Wildman–Crippen LogP) is 4.47. The van der Waals surface area contributed by atoms with E-state index in [2.05, 4.69) is 30.2 Å². The highest BCUT2D eigenvalue weighted by atomic mass is 32.1. The molecule has 2 amide bonds. The maximum Gasteiger partial charge on any atom is 0.305 e. The minimum Gasteiger partial charge on any atom is -0.481 e. The van der Waals surface area contributed by atoms with Crippen LogP contribution in [-0.4, -0.2) is 41.2 Å². The van der Waals surface area contributed by atoms with Gasteiger partial charge in [0.2, 0.25) is 11.8 Å². The largest absolute Gasteiger partial charge is 0.481 e. The van der Waals surface area contributed by atoms with E-state index in [0.29, 0.717) is 6.42 Å². The van der Waals surface area contributed by atoms with Gasteiger partial charge in [-0.25, -0.2) is 0 Å². The second-order valence-corrected chi connectivity index (χ2v) is 8.10. The molecule has 0 rings (SSSR count). The average molecular weight is 431 g/mol. The molecule has 0 aliphatic carbocycles. The molecule has 0 aliphatic heterocycles. The van der Waals surface area contributed by atoms with E-state index in [4.69, 9.17) is 5.11 Å². The highest BCUT2D eigenvalue weighted by molar-refractivity contribution is 7.80. The first-order chi connectivity index (χ1) is 14.0. The summed E-state index contributed by atoms with van der Waals surface area (Å²) < 4.78 is 0. The molecule has 0 spiro atoms. The quantitative estimate of drug-likeness (QED) is 0.169. The van der Waals surface area contributed by atoms with Crippen molar-refractivity contribution in [2.24, 2.45) is 0 Å². The highest BCUT2D eigenvalue weighted by Gasteiger charge is 2.18. The number of hydrogen-bond acceptors (Lipinski definition) is 4. The Balaban J connectivity index is 3.58. The summed E-state index contributed by atoms with van der Waals surface area (Å²) >= 11 is 4.09. The van der Waals surface area contributed by atoms with Crippen LogP contribution in [0.5, 0.6) is 0 Å². The maximum absolute atomic E-state index is 12.0. The lowest BCUT2D eigenvalue weighted by Gasteiger charge is -2.16. The van der Waals surface area contributed by atoms with Crippen molar-refractivity contribution in [3.05, 3.63) is 0 Å². The van der Waals surface area contributed by atoms with Gasteiger partial charge in [0.05, 0.1) is 6.42 Å². The van der Waals surface area contributed by atoms with Crippen LogP contribution in [0, 0.1) is 0 Å². The van der Waals surface area contributed by atoms with Crippen LogP contribution < -0.4 is 10.6 Å². The van der Waals surface area contributed by atoms with Gasteiger partial charge in [-0.2, -0.15) is 12.6 Å². The van der Waals surface area contributed by atoms with Crippen molar-refractivity contribution in [2.75, 3.05) is 12.3 Å². The SMILES string of the molecule is CCCCCCCCCCCCCCCC(=O)N[C@@H](CS)C(=O)NCCC(=O)O. The Morgan fingerprint density at radius 2 is 1.28 bits per heavy atom. The monoisotopic (exact) mass is 430 g/mol. The van der Waals surface area contributed by atoms with Crippen LogP contribution in [0.15, 0.2) is 0 Å². The standard InChI is InChI=1S/C22H42N2O4S/c1-2-3-4-5-6-7-8-9-10-11-12-13-14-15-20(25)24-19(18-29)22(28)23-17-16-21(26)27/h19,29H,2-18H2,1H3,(H,23,28)(H,24,25)(H,26,27)/t19-/m0/s1. The first kappa shape index (κ1) is 27.8. The van der Waals surface area contributed by atoms with Crippen molar-refractivity contribution >= 4 is 30.4 Å². The zero-order valence-corrected chi connectivity index (χ0v) is 19.1. The summed E-state index contributed by atoms with van der Waals surface area (Å²) in [7, 11) is 0. The fourth-order valence-electron chi connectivity index (χ4n) is 3.18. The van der Waals surface area contributed by atoms with Crippen LogP contribution in [0.1, 0.15) is 103 Å². The van der Waals surface area contributed by atoms with Crippen LogP contribution in [0.3, 0.4) is 0 Å². The zero-order chi connectivity index (χ0) is 21.7. The minimum atomic E-state index is -0.973. The molecule has 7 heteroatoms. The molecule has 0 aromatic rings. The molecule has 0 aromatic carbocycles. The van der Waals surface area contributed by atoms with E-state index < -0.39 is 12.0 Å². The Labute approximate surface area is 182 Å². The number of carbonyl (C=O) groups excluding carboxylic acids is 2. The van der Waals surface area contributed by atoms with E-state index in [1.807, 2.05) is 0 Å². The number of carbonyl (C=O) groups is 3. The fourth-order valence-corrected chi connectivity index (χ4v) is 3.44. The Hall–Kier alpha value is -1.24. The van der Waals surface area contributed by atoms with Gasteiger partial charge in [-0.05, 0) is 6.42 Å². The molecule has 0 bridgehead atoms. The highest BCUT2D eigenvalue weighted by Crippen LogP contribution is 2.13. The third-order valence-corrected chi connectivity index (χ3v) is 5.34. The van der Waals surface area contributed by atoms with Crippen LogP contribution >= 0.6 is 12.6 Å². The summed E-state index contributed by atoms with van der Waals surface area (Å²) in [6, 6.07) is -0.721. The van der Waals surface area contributed by atoms with Crippen molar-refractivity contribution in [1.29, 1.82) is 0 Å². The number of amides is 2. The first-order valence-electron chi connectivity index (χ1n) is 11.4. The smallest absolute Gasteiger partial charge is 0.305 e. The number of unbranched alkanes of at least 4 members (excludes halogenated alkanes) is 12. The lowest BCUT2D eigenvalue weighted by Crippen LogP contribution is -2.48. The third kappa shape index (κ3) is 18.5. The van der Waals surface area contributed by atoms with Crippen molar-refractivity contribution in [3.8, 4) is 0 Å². The van der Waals surface area contributed by atoms with Crippen molar-refractivity contribution in [2.45, 2.75) is 109 Å². The van der Waals surface area contributed by atoms with Gasteiger partial charge in [0.1, 0.15) is 6.04 Å². The molecule has 170 valence electrons. The van der Waals surface area contributed by atoms with Gasteiger partial charge in [0, 0.05) is 18.7 Å². The normalized spacial score (nSPS) is 11.8. The number of carboxylic acids is 1. The van der Waals surface area contributed by atoms with Crippen LogP contribution in [0.4, 0.5) is 0 Å². The Morgan fingerprint density at radius 1 is 0.793 bits per heavy atom. The molecule has 0 saturated carbocycles. The Morgan fingerprint density at radius 3 is 1.72 bits per heavy atom. The summed E-state index contributed by atoms with van der Waals surface area (Å²) in [5, 5.41) is 13.8. The number of thiol groups is 1. The molecule has 0 aliphatic rings. The molecule has 29 heavy (non-hydrogen) atoms. The molecule has 6 nitrogen and oxygen atoms in total. The summed E-state index contributed by atoms with van der Waals surface area (Å²) in [6.45, 7) is 2.30. The Kier molecular flexibility index (Phi) is 19.2. The van der Waals surface area contributed by atoms with E-state index in [1.54, 1.807) is 0 Å². The molecular formula is C22H42N2O4S. The van der Waals surface area contributed by atoms with E-state index in [-0.39, 0.29) is 30.5 Å². The van der Waals surface area contributed by atoms with Gasteiger partial charge >= 0.3 is 5.97 Å². The molecular weight excluding hydrogens is 388 g/mol. The first-order valence-corrected chi connectivity index (χ1v) is 12.0. The summed E-state index contributed by atoms with van der Waals surface area (Å²) in [4.78, 5) is 34.4. The van der Waals surface area contributed by atoms with Crippen LogP contribution in [0.2, 0.25) is 0 Å². The summed E-state index contributed by atoms with van der Waals surface area (Å²) in [6.07, 6.45) is 16.6. The molecule has 0 heterocycles. The number of hydrogen-bond donors (Lipinski definition) is 4. The van der Waals surface area contributed by atoms with Gasteiger partial charge in [0.25, 0.3) is 0 Å². The average Bonchev–Trinajstić information content (AvgIpc) is 2.69. The number of rotatable bonds is 20. The lowest BCUT2D eigenvalue weighted by molar-refractivity contribution is -0.137. The molecule has 0 radical (unpaired) electrons. The third-order valence-electron chi connectivity index (χ3n) is 4.98. The minimum absolute atomic E-state index is 0.0488. The van der Waals surface area contributed by atoms with E-state index >= 15 is 0 Å². The van der Waals surface area contributed by atoms with Gasteiger partial charge in [-0.15, -0.1) is 0 Å². The topological polar surface area (TPSA) is 95.5 Å². The summed E-state index contributed by atoms with van der Waals surface area (Å²) in [5.41, 5.74) is 0.